The van der Waals surface area contributed by atoms with E-state index in [0.717, 1.165) is 6.07 Å². The van der Waals surface area contributed by atoms with Crippen LogP contribution in [0.4, 0.5) is 0 Å². The SMILES string of the molecule is C#CCNS(=O)(=O)c1cccc(C(=O)NC(C)(COC)C(=O)O)c1. The molecule has 0 aromatic heterocycles. The highest BCUT2D eigenvalue weighted by Gasteiger charge is 2.35. The van der Waals surface area contributed by atoms with Gasteiger partial charge in [-0.3, -0.25) is 4.79 Å². The molecule has 0 saturated carbocycles. The van der Waals surface area contributed by atoms with Crippen molar-refractivity contribution in [2.24, 2.45) is 0 Å². The van der Waals surface area contributed by atoms with Crippen LogP contribution in [0, 0.1) is 12.3 Å². The Hall–Kier alpha value is -2.41. The Morgan fingerprint density at radius 2 is 2.08 bits per heavy atom. The molecule has 1 aromatic carbocycles. The van der Waals surface area contributed by atoms with Crippen molar-refractivity contribution < 1.29 is 27.9 Å². The number of amides is 1. The number of rotatable bonds is 8. The number of benzene rings is 1. The predicted molar refractivity (Wildman–Crippen MR) is 85.8 cm³/mol. The Kier molecular flexibility index (Phi) is 6.48. The molecule has 0 heterocycles. The summed E-state index contributed by atoms with van der Waals surface area (Å²) >= 11 is 0. The van der Waals surface area contributed by atoms with Crippen molar-refractivity contribution in [1.29, 1.82) is 0 Å². The number of carboxylic acids is 1. The van der Waals surface area contributed by atoms with Crippen molar-refractivity contribution in [3.8, 4) is 12.3 Å². The third-order valence-electron chi connectivity index (χ3n) is 3.07. The summed E-state index contributed by atoms with van der Waals surface area (Å²) in [6.45, 7) is 0.839. The second kappa shape index (κ2) is 7.92. The van der Waals surface area contributed by atoms with Crippen LogP contribution in [-0.4, -0.2) is 51.2 Å². The van der Waals surface area contributed by atoms with Gasteiger partial charge in [0.05, 0.1) is 18.0 Å². The molecule has 1 unspecified atom stereocenters. The number of aliphatic carboxylic acids is 1. The summed E-state index contributed by atoms with van der Waals surface area (Å²) in [6.07, 6.45) is 5.01. The van der Waals surface area contributed by atoms with Gasteiger partial charge in [0.2, 0.25) is 10.0 Å². The number of hydrogen-bond acceptors (Lipinski definition) is 5. The van der Waals surface area contributed by atoms with Crippen LogP contribution in [-0.2, 0) is 19.6 Å². The third kappa shape index (κ3) is 4.79. The summed E-state index contributed by atoms with van der Waals surface area (Å²) < 4.78 is 31.0. The molecule has 0 aliphatic rings. The van der Waals surface area contributed by atoms with E-state index in [4.69, 9.17) is 11.2 Å². The highest BCUT2D eigenvalue weighted by Crippen LogP contribution is 2.13. The lowest BCUT2D eigenvalue weighted by atomic mass is 10.0. The molecule has 0 aliphatic carbocycles. The number of sulfonamides is 1. The van der Waals surface area contributed by atoms with Crippen LogP contribution in [0.25, 0.3) is 0 Å². The Bertz CT molecular complexity index is 768. The molecule has 24 heavy (non-hydrogen) atoms. The van der Waals surface area contributed by atoms with E-state index in [0.29, 0.717) is 0 Å². The number of hydrogen-bond donors (Lipinski definition) is 3. The van der Waals surface area contributed by atoms with Crippen LogP contribution in [0.3, 0.4) is 0 Å². The van der Waals surface area contributed by atoms with Crippen molar-refractivity contribution in [2.75, 3.05) is 20.3 Å². The molecule has 1 atom stereocenters. The molecule has 0 radical (unpaired) electrons. The van der Waals surface area contributed by atoms with Gasteiger partial charge in [-0.25, -0.2) is 13.2 Å². The number of methoxy groups -OCH3 is 1. The molecule has 1 amide bonds. The summed E-state index contributed by atoms with van der Waals surface area (Å²) in [5.41, 5.74) is -1.66. The second-order valence-electron chi connectivity index (χ2n) is 5.08. The number of carbonyl (C=O) groups is 2. The van der Waals surface area contributed by atoms with Gasteiger partial charge in [0.25, 0.3) is 5.91 Å². The van der Waals surface area contributed by atoms with E-state index in [2.05, 4.69) is 16.0 Å². The molecule has 0 bridgehead atoms. The van der Waals surface area contributed by atoms with E-state index in [1.54, 1.807) is 0 Å². The van der Waals surface area contributed by atoms with E-state index in [-0.39, 0.29) is 23.6 Å². The molecule has 9 heteroatoms. The first-order valence-electron chi connectivity index (χ1n) is 6.74. The molecule has 8 nitrogen and oxygen atoms in total. The summed E-state index contributed by atoms with van der Waals surface area (Å²) in [5, 5.41) is 11.5. The van der Waals surface area contributed by atoms with Gasteiger partial charge in [-0.05, 0) is 25.1 Å². The third-order valence-corrected chi connectivity index (χ3v) is 4.46. The van der Waals surface area contributed by atoms with E-state index in [1.807, 2.05) is 0 Å². The van der Waals surface area contributed by atoms with Gasteiger partial charge in [0, 0.05) is 12.7 Å². The quantitative estimate of drug-likeness (QED) is 0.557. The van der Waals surface area contributed by atoms with Crippen molar-refractivity contribution in [1.82, 2.24) is 10.0 Å². The number of terminal acetylenes is 1. The average Bonchev–Trinajstić information content (AvgIpc) is 2.53. The molecule has 130 valence electrons. The summed E-state index contributed by atoms with van der Waals surface area (Å²) in [7, 11) is -2.56. The fourth-order valence-electron chi connectivity index (χ4n) is 1.79. The van der Waals surface area contributed by atoms with Crippen LogP contribution in [0.15, 0.2) is 29.2 Å². The molecular weight excluding hydrogens is 336 g/mol. The van der Waals surface area contributed by atoms with Gasteiger partial charge in [-0.1, -0.05) is 12.0 Å². The lowest BCUT2D eigenvalue weighted by molar-refractivity contribution is -0.145. The summed E-state index contributed by atoms with van der Waals surface area (Å²) in [4.78, 5) is 23.4. The maximum atomic E-state index is 12.3. The van der Waals surface area contributed by atoms with E-state index in [1.165, 1.54) is 32.2 Å². The fourth-order valence-corrected chi connectivity index (χ4v) is 2.77. The lowest BCUT2D eigenvalue weighted by Gasteiger charge is -2.25. The largest absolute Gasteiger partial charge is 0.479 e. The fraction of sp³-hybridized carbons (Fsp3) is 0.333. The number of ether oxygens (including phenoxy) is 1. The molecule has 0 fully saturated rings. The normalized spacial score (nSPS) is 13.5. The smallest absolute Gasteiger partial charge is 0.331 e. The van der Waals surface area contributed by atoms with Crippen LogP contribution in [0.1, 0.15) is 17.3 Å². The molecule has 1 aromatic rings. The maximum Gasteiger partial charge on any atom is 0.331 e. The van der Waals surface area contributed by atoms with Crippen LogP contribution in [0.2, 0.25) is 0 Å². The topological polar surface area (TPSA) is 122 Å². The zero-order valence-corrected chi connectivity index (χ0v) is 14.0. The first kappa shape index (κ1) is 19.6. The standard InChI is InChI=1S/C15H18N2O6S/c1-4-8-16-24(21,22)12-7-5-6-11(9-12)13(18)17-15(2,10-23-3)14(19)20/h1,5-7,9,16H,8,10H2,2-3H3,(H,17,18)(H,19,20). The monoisotopic (exact) mass is 354 g/mol. The Morgan fingerprint density at radius 1 is 1.42 bits per heavy atom. The van der Waals surface area contributed by atoms with Crippen LogP contribution < -0.4 is 10.0 Å². The van der Waals surface area contributed by atoms with Gasteiger partial charge in [0.15, 0.2) is 5.54 Å². The summed E-state index contributed by atoms with van der Waals surface area (Å²) in [5.74, 6) is 0.115. The van der Waals surface area contributed by atoms with E-state index < -0.39 is 27.4 Å². The number of carboxylic acid groups (broad SMARTS) is 1. The Morgan fingerprint density at radius 3 is 2.62 bits per heavy atom. The molecule has 0 aliphatic heterocycles. The van der Waals surface area contributed by atoms with Gasteiger partial charge in [0.1, 0.15) is 0 Å². The van der Waals surface area contributed by atoms with Crippen molar-refractivity contribution >= 4 is 21.9 Å². The van der Waals surface area contributed by atoms with Gasteiger partial charge in [-0.15, -0.1) is 6.42 Å². The average molecular weight is 354 g/mol. The van der Waals surface area contributed by atoms with Gasteiger partial charge >= 0.3 is 5.97 Å². The lowest BCUT2D eigenvalue weighted by Crippen LogP contribution is -2.55. The molecule has 1 rings (SSSR count). The van der Waals surface area contributed by atoms with Gasteiger partial charge in [-0.2, -0.15) is 4.72 Å². The zero-order valence-electron chi connectivity index (χ0n) is 13.2. The van der Waals surface area contributed by atoms with Gasteiger partial charge < -0.3 is 15.2 Å². The van der Waals surface area contributed by atoms with E-state index in [9.17, 15) is 23.1 Å². The maximum absolute atomic E-state index is 12.3. The zero-order chi connectivity index (χ0) is 18.4. The van der Waals surface area contributed by atoms with Crippen LogP contribution in [0.5, 0.6) is 0 Å². The number of carbonyl (C=O) groups excluding carboxylic acids is 1. The molecule has 3 N–H and O–H groups in total. The molecule has 0 spiro atoms. The predicted octanol–water partition coefficient (Wildman–Crippen LogP) is -0.182. The van der Waals surface area contributed by atoms with Crippen molar-refractivity contribution in [3.05, 3.63) is 29.8 Å². The second-order valence-corrected chi connectivity index (χ2v) is 6.85. The number of nitrogens with one attached hydrogen (secondary N) is 2. The first-order chi connectivity index (χ1) is 11.2. The minimum atomic E-state index is -3.86. The highest BCUT2D eigenvalue weighted by molar-refractivity contribution is 7.89. The summed E-state index contributed by atoms with van der Waals surface area (Å²) in [6, 6.07) is 5.16. The minimum absolute atomic E-state index is 0.0119. The van der Waals surface area contributed by atoms with Crippen molar-refractivity contribution in [3.63, 3.8) is 0 Å². The first-order valence-corrected chi connectivity index (χ1v) is 8.22. The van der Waals surface area contributed by atoms with Crippen LogP contribution >= 0.6 is 0 Å². The highest BCUT2D eigenvalue weighted by atomic mass is 32.2. The van der Waals surface area contributed by atoms with Crippen molar-refractivity contribution in [2.45, 2.75) is 17.4 Å². The van der Waals surface area contributed by atoms with E-state index >= 15 is 0 Å². The Labute approximate surface area is 140 Å². The minimum Gasteiger partial charge on any atom is -0.479 e. The molecular formula is C15H18N2O6S. The molecule has 0 saturated heterocycles. The Balaban J connectivity index is 3.07.